The molecule has 0 aliphatic carbocycles. The Kier molecular flexibility index (Phi) is 5.89. The van der Waals surface area contributed by atoms with Gasteiger partial charge in [0.2, 0.25) is 5.91 Å². The zero-order chi connectivity index (χ0) is 18.4. The molecule has 2 amide bonds. The molecule has 1 N–H and O–H groups in total. The summed E-state index contributed by atoms with van der Waals surface area (Å²) in [6, 6.07) is 15.2. The Balaban J connectivity index is 1.65. The van der Waals surface area contributed by atoms with Crippen LogP contribution in [0.15, 0.2) is 48.5 Å². The fourth-order valence-corrected chi connectivity index (χ4v) is 2.99. The molecule has 0 fully saturated rings. The average Bonchev–Trinajstić information content (AvgIpc) is 2.67. The molecule has 136 valence electrons. The fourth-order valence-electron chi connectivity index (χ4n) is 2.99. The average molecular weight is 352 g/mol. The van der Waals surface area contributed by atoms with Crippen LogP contribution in [0.4, 0.5) is 11.4 Å². The third kappa shape index (κ3) is 4.42. The molecule has 3 rings (SSSR count). The predicted molar refractivity (Wildman–Crippen MR) is 103 cm³/mol. The Hall–Kier alpha value is -2.82. The molecule has 2 aromatic carbocycles. The number of nitrogens with one attached hydrogen (secondary N) is 1. The van der Waals surface area contributed by atoms with Crippen LogP contribution in [0.2, 0.25) is 0 Å². The maximum Gasteiger partial charge on any atom is 0.264 e. The first-order valence-electron chi connectivity index (χ1n) is 9.08. The first-order valence-corrected chi connectivity index (χ1v) is 9.08. The molecule has 0 unspecified atom stereocenters. The van der Waals surface area contributed by atoms with Gasteiger partial charge in [-0.05, 0) is 48.7 Å². The lowest BCUT2D eigenvalue weighted by molar-refractivity contribution is -0.120. The van der Waals surface area contributed by atoms with E-state index in [0.717, 1.165) is 29.8 Å². The summed E-state index contributed by atoms with van der Waals surface area (Å²) < 4.78 is 5.74. The van der Waals surface area contributed by atoms with Crippen LogP contribution < -0.4 is 15.0 Å². The number of carbonyl (C=O) groups is 2. The van der Waals surface area contributed by atoms with Crippen molar-refractivity contribution in [1.29, 1.82) is 0 Å². The number of benzene rings is 2. The molecular weight excluding hydrogens is 328 g/mol. The molecule has 1 aliphatic heterocycles. The van der Waals surface area contributed by atoms with Crippen LogP contribution in [0.1, 0.15) is 31.7 Å². The maximum atomic E-state index is 12.7. The summed E-state index contributed by atoms with van der Waals surface area (Å²) in [6.07, 6.45) is 3.14. The highest BCUT2D eigenvalue weighted by molar-refractivity contribution is 5.95. The molecule has 0 radical (unpaired) electrons. The standard InChI is InChI=1S/C21H24N2O3/c1-2-3-13-23(17-7-5-4-6-8-17)21(25)15-26-18-10-11-19-16(14-18)9-12-20(24)22-19/h4-8,10-11,14H,2-3,9,12-13,15H2,1H3,(H,22,24). The Morgan fingerprint density at radius 3 is 2.73 bits per heavy atom. The summed E-state index contributed by atoms with van der Waals surface area (Å²) in [5, 5.41) is 2.85. The minimum Gasteiger partial charge on any atom is -0.484 e. The smallest absolute Gasteiger partial charge is 0.264 e. The van der Waals surface area contributed by atoms with Crippen molar-refractivity contribution in [3.8, 4) is 5.75 Å². The van der Waals surface area contributed by atoms with Crippen molar-refractivity contribution in [1.82, 2.24) is 0 Å². The summed E-state index contributed by atoms with van der Waals surface area (Å²) in [5.41, 5.74) is 2.76. The number of aryl methyl sites for hydroxylation is 1. The van der Waals surface area contributed by atoms with Gasteiger partial charge in [0.05, 0.1) is 0 Å². The van der Waals surface area contributed by atoms with E-state index >= 15 is 0 Å². The molecule has 0 saturated heterocycles. The minimum atomic E-state index is -0.0596. The largest absolute Gasteiger partial charge is 0.484 e. The molecule has 1 aliphatic rings. The van der Waals surface area contributed by atoms with Crippen LogP contribution in [-0.2, 0) is 16.0 Å². The Labute approximate surface area is 154 Å². The van der Waals surface area contributed by atoms with Crippen molar-refractivity contribution in [2.75, 3.05) is 23.4 Å². The van der Waals surface area contributed by atoms with Crippen LogP contribution in [0.5, 0.6) is 5.75 Å². The monoisotopic (exact) mass is 352 g/mol. The molecule has 5 nitrogen and oxygen atoms in total. The van der Waals surface area contributed by atoms with Gasteiger partial charge in [0.15, 0.2) is 6.61 Å². The Bertz CT molecular complexity index is 774. The molecular formula is C21H24N2O3. The molecule has 0 bridgehead atoms. The SMILES string of the molecule is CCCCN(C(=O)COc1ccc2c(c1)CCC(=O)N2)c1ccccc1. The number of unbranched alkanes of at least 4 members (excludes halogenated alkanes) is 1. The van der Waals surface area contributed by atoms with Gasteiger partial charge < -0.3 is 15.0 Å². The maximum absolute atomic E-state index is 12.7. The van der Waals surface area contributed by atoms with Gasteiger partial charge in [-0.1, -0.05) is 31.5 Å². The second kappa shape index (κ2) is 8.52. The number of para-hydroxylation sites is 1. The number of amides is 2. The van der Waals surface area contributed by atoms with Crippen molar-refractivity contribution in [2.45, 2.75) is 32.6 Å². The van der Waals surface area contributed by atoms with E-state index in [9.17, 15) is 9.59 Å². The molecule has 5 heteroatoms. The van der Waals surface area contributed by atoms with E-state index in [0.29, 0.717) is 25.1 Å². The second-order valence-corrected chi connectivity index (χ2v) is 6.39. The lowest BCUT2D eigenvalue weighted by atomic mass is 10.0. The third-order valence-electron chi connectivity index (χ3n) is 4.44. The van der Waals surface area contributed by atoms with Gasteiger partial charge in [0.25, 0.3) is 5.91 Å². The number of carbonyl (C=O) groups excluding carboxylic acids is 2. The summed E-state index contributed by atoms with van der Waals surface area (Å²) in [5.74, 6) is 0.628. The van der Waals surface area contributed by atoms with Crippen LogP contribution in [0.25, 0.3) is 0 Å². The third-order valence-corrected chi connectivity index (χ3v) is 4.44. The molecule has 2 aromatic rings. The van der Waals surface area contributed by atoms with Gasteiger partial charge >= 0.3 is 0 Å². The summed E-state index contributed by atoms with van der Waals surface area (Å²) >= 11 is 0. The highest BCUT2D eigenvalue weighted by Crippen LogP contribution is 2.27. The van der Waals surface area contributed by atoms with Gasteiger partial charge in [-0.2, -0.15) is 0 Å². The number of hydrogen-bond acceptors (Lipinski definition) is 3. The van der Waals surface area contributed by atoms with E-state index in [4.69, 9.17) is 4.74 Å². The molecule has 0 atom stereocenters. The topological polar surface area (TPSA) is 58.6 Å². The Morgan fingerprint density at radius 1 is 1.15 bits per heavy atom. The summed E-state index contributed by atoms with van der Waals surface area (Å²) in [7, 11) is 0. The van der Waals surface area contributed by atoms with Gasteiger partial charge in [-0.25, -0.2) is 0 Å². The van der Waals surface area contributed by atoms with Crippen LogP contribution in [0.3, 0.4) is 0 Å². The number of hydrogen-bond donors (Lipinski definition) is 1. The predicted octanol–water partition coefficient (Wildman–Crippen LogP) is 3.78. The normalized spacial score (nSPS) is 12.9. The van der Waals surface area contributed by atoms with E-state index in [2.05, 4.69) is 12.2 Å². The first-order chi connectivity index (χ1) is 12.7. The van der Waals surface area contributed by atoms with E-state index in [1.165, 1.54) is 0 Å². The number of rotatable bonds is 7. The lowest BCUT2D eigenvalue weighted by Crippen LogP contribution is -2.35. The molecule has 1 heterocycles. The van der Waals surface area contributed by atoms with E-state index in [-0.39, 0.29) is 18.4 Å². The minimum absolute atomic E-state index is 0.0102. The highest BCUT2D eigenvalue weighted by Gasteiger charge is 2.18. The van der Waals surface area contributed by atoms with E-state index in [1.807, 2.05) is 42.5 Å². The van der Waals surface area contributed by atoms with Crippen molar-refractivity contribution in [2.24, 2.45) is 0 Å². The number of nitrogens with zero attached hydrogens (tertiary/aromatic N) is 1. The van der Waals surface area contributed by atoms with Gasteiger partial charge in [-0.3, -0.25) is 9.59 Å². The van der Waals surface area contributed by atoms with Crippen LogP contribution in [-0.4, -0.2) is 25.0 Å². The fraction of sp³-hybridized carbons (Fsp3) is 0.333. The number of anilines is 2. The zero-order valence-corrected chi connectivity index (χ0v) is 15.0. The molecule has 0 saturated carbocycles. The first kappa shape index (κ1) is 18.0. The molecule has 26 heavy (non-hydrogen) atoms. The summed E-state index contributed by atoms with van der Waals surface area (Å²) in [4.78, 5) is 25.9. The zero-order valence-electron chi connectivity index (χ0n) is 15.0. The van der Waals surface area contributed by atoms with E-state index in [1.54, 1.807) is 11.0 Å². The summed E-state index contributed by atoms with van der Waals surface area (Å²) in [6.45, 7) is 2.78. The lowest BCUT2D eigenvalue weighted by Gasteiger charge is -2.23. The van der Waals surface area contributed by atoms with Gasteiger partial charge in [-0.15, -0.1) is 0 Å². The van der Waals surface area contributed by atoms with Crippen molar-refractivity contribution < 1.29 is 14.3 Å². The number of ether oxygens (including phenoxy) is 1. The van der Waals surface area contributed by atoms with Gasteiger partial charge in [0, 0.05) is 24.3 Å². The Morgan fingerprint density at radius 2 is 1.96 bits per heavy atom. The van der Waals surface area contributed by atoms with Crippen LogP contribution in [0, 0.1) is 0 Å². The van der Waals surface area contributed by atoms with Crippen molar-refractivity contribution >= 4 is 23.2 Å². The quantitative estimate of drug-likeness (QED) is 0.825. The number of fused-ring (bicyclic) bond motifs is 1. The van der Waals surface area contributed by atoms with E-state index < -0.39 is 0 Å². The molecule has 0 spiro atoms. The van der Waals surface area contributed by atoms with Crippen molar-refractivity contribution in [3.63, 3.8) is 0 Å². The van der Waals surface area contributed by atoms with Crippen LogP contribution >= 0.6 is 0 Å². The van der Waals surface area contributed by atoms with Crippen molar-refractivity contribution in [3.05, 3.63) is 54.1 Å². The molecule has 0 aromatic heterocycles. The highest BCUT2D eigenvalue weighted by atomic mass is 16.5. The second-order valence-electron chi connectivity index (χ2n) is 6.39. The van der Waals surface area contributed by atoms with Gasteiger partial charge in [0.1, 0.15) is 5.75 Å².